The van der Waals surface area contributed by atoms with Crippen LogP contribution in [-0.2, 0) is 14.3 Å². The fraction of sp³-hybridized carbons (Fsp3) is 0.214. The fourth-order valence-corrected chi connectivity index (χ4v) is 2.64. The molecule has 1 heterocycles. The molecule has 0 saturated heterocycles. The summed E-state index contributed by atoms with van der Waals surface area (Å²) in [6.45, 7) is 1.70. The number of hydrogen-bond acceptors (Lipinski definition) is 4. The molecular weight excluding hydrogens is 356 g/mol. The number of carbonyl (C=O) groups excluding carboxylic acids is 2. The normalized spacial score (nSPS) is 17.9. The minimum Gasteiger partial charge on any atom is -0.463 e. The van der Waals surface area contributed by atoms with Crippen molar-refractivity contribution in [3.05, 3.63) is 45.6 Å². The Morgan fingerprint density at radius 3 is 2.48 bits per heavy atom. The summed E-state index contributed by atoms with van der Waals surface area (Å²) in [5.74, 6) is -1.59. The van der Waals surface area contributed by atoms with Crippen LogP contribution in [0.1, 0.15) is 18.5 Å². The lowest BCUT2D eigenvalue weighted by atomic mass is 9.92. The monoisotopic (exact) mass is 368 g/mol. The van der Waals surface area contributed by atoms with E-state index in [-0.39, 0.29) is 0 Å². The summed E-state index contributed by atoms with van der Waals surface area (Å²) in [4.78, 5) is 23.8. The minimum absolute atomic E-state index is 0.303. The summed E-state index contributed by atoms with van der Waals surface area (Å²) in [5, 5.41) is 6.28. The second-order valence-corrected chi connectivity index (χ2v) is 5.77. The van der Waals surface area contributed by atoms with Crippen molar-refractivity contribution in [1.82, 2.24) is 10.6 Å². The topological polar surface area (TPSA) is 67.4 Å². The summed E-state index contributed by atoms with van der Waals surface area (Å²) < 4.78 is 5.45. The molecule has 110 valence electrons. The molecule has 2 rings (SSSR count). The minimum atomic E-state index is -0.900. The molecule has 1 aromatic rings. The molecule has 21 heavy (non-hydrogen) atoms. The predicted octanol–water partition coefficient (Wildman–Crippen LogP) is 1.98. The van der Waals surface area contributed by atoms with E-state index in [1.54, 1.807) is 6.92 Å². The van der Waals surface area contributed by atoms with Gasteiger partial charge in [0.05, 0.1) is 18.7 Å². The van der Waals surface area contributed by atoms with E-state index in [0.717, 1.165) is 10.0 Å². The molecule has 0 radical (unpaired) electrons. The quantitative estimate of drug-likeness (QED) is 0.483. The number of nitrogens with one attached hydrogen (secondary N) is 2. The van der Waals surface area contributed by atoms with Crippen LogP contribution in [0.25, 0.3) is 0 Å². The molecule has 0 aromatic heterocycles. The maximum absolute atomic E-state index is 12.2. The van der Waals surface area contributed by atoms with Gasteiger partial charge in [-0.05, 0) is 36.8 Å². The molecule has 1 aromatic carbocycles. The van der Waals surface area contributed by atoms with Crippen molar-refractivity contribution in [1.29, 1.82) is 0 Å². The van der Waals surface area contributed by atoms with Crippen molar-refractivity contribution in [2.45, 2.75) is 13.0 Å². The van der Waals surface area contributed by atoms with Crippen LogP contribution in [0.4, 0.5) is 0 Å². The van der Waals surface area contributed by atoms with E-state index in [1.165, 1.54) is 7.11 Å². The van der Waals surface area contributed by atoms with Gasteiger partial charge in [0.1, 0.15) is 0 Å². The lowest BCUT2D eigenvalue weighted by Crippen LogP contribution is -2.45. The van der Waals surface area contributed by atoms with Crippen LogP contribution in [0.2, 0.25) is 0 Å². The summed E-state index contributed by atoms with van der Waals surface area (Å²) in [6.07, 6.45) is 0. The summed E-state index contributed by atoms with van der Waals surface area (Å²) in [5.41, 5.74) is 1.67. The van der Waals surface area contributed by atoms with Crippen LogP contribution in [0.5, 0.6) is 0 Å². The Labute approximate surface area is 135 Å². The number of thiocarbonyl (C=S) groups is 1. The van der Waals surface area contributed by atoms with Gasteiger partial charge in [-0.1, -0.05) is 28.1 Å². The van der Waals surface area contributed by atoms with Crippen molar-refractivity contribution in [3.63, 3.8) is 0 Å². The van der Waals surface area contributed by atoms with Crippen LogP contribution in [0.15, 0.2) is 40.0 Å². The highest BCUT2D eigenvalue weighted by Gasteiger charge is 2.33. The first-order chi connectivity index (χ1) is 9.93. The highest BCUT2D eigenvalue weighted by molar-refractivity contribution is 9.10. The van der Waals surface area contributed by atoms with Crippen LogP contribution >= 0.6 is 28.1 Å². The zero-order valence-corrected chi connectivity index (χ0v) is 13.8. The Hall–Kier alpha value is -1.73. The number of hydrogen-bond donors (Lipinski definition) is 2. The van der Waals surface area contributed by atoms with Crippen LogP contribution in [-0.4, -0.2) is 24.0 Å². The smallest absolute Gasteiger partial charge is 0.379 e. The lowest BCUT2D eigenvalue weighted by molar-refractivity contribution is -0.150. The SMILES string of the molecule is COC(=O)C(=O)C1=C(C)NC(=S)N[C@@H]1c1ccc(Br)cc1. The average molecular weight is 369 g/mol. The fourth-order valence-electron chi connectivity index (χ4n) is 2.10. The van der Waals surface area contributed by atoms with E-state index in [0.29, 0.717) is 16.4 Å². The van der Waals surface area contributed by atoms with E-state index in [9.17, 15) is 9.59 Å². The zero-order valence-electron chi connectivity index (χ0n) is 11.4. The molecule has 7 heteroatoms. The maximum Gasteiger partial charge on any atom is 0.379 e. The number of Topliss-reactive ketones (excluding diaryl/α,β-unsaturated/α-hetero) is 1. The van der Waals surface area contributed by atoms with Crippen molar-refractivity contribution in [2.24, 2.45) is 0 Å². The molecule has 0 fully saturated rings. The Morgan fingerprint density at radius 2 is 1.90 bits per heavy atom. The van der Waals surface area contributed by atoms with Gasteiger partial charge >= 0.3 is 5.97 Å². The molecule has 1 aliphatic rings. The first kappa shape index (κ1) is 15.7. The number of ether oxygens (including phenoxy) is 1. The third-order valence-electron chi connectivity index (χ3n) is 3.09. The van der Waals surface area contributed by atoms with E-state index in [2.05, 4.69) is 31.3 Å². The van der Waals surface area contributed by atoms with Gasteiger partial charge in [0, 0.05) is 10.2 Å². The van der Waals surface area contributed by atoms with Crippen molar-refractivity contribution >= 4 is 45.0 Å². The third kappa shape index (κ3) is 3.30. The number of benzene rings is 1. The Kier molecular flexibility index (Phi) is 4.74. The Bertz CT molecular complexity index is 640. The highest BCUT2D eigenvalue weighted by atomic mass is 79.9. The zero-order chi connectivity index (χ0) is 15.6. The summed E-state index contributed by atoms with van der Waals surface area (Å²) >= 11 is 8.49. The van der Waals surface area contributed by atoms with E-state index in [4.69, 9.17) is 12.2 Å². The summed E-state index contributed by atoms with van der Waals surface area (Å²) in [7, 11) is 1.18. The van der Waals surface area contributed by atoms with Gasteiger partial charge in [-0.15, -0.1) is 0 Å². The Morgan fingerprint density at radius 1 is 1.29 bits per heavy atom. The number of rotatable bonds is 3. The third-order valence-corrected chi connectivity index (χ3v) is 3.84. The predicted molar refractivity (Wildman–Crippen MR) is 85.5 cm³/mol. The van der Waals surface area contributed by atoms with Crippen LogP contribution in [0.3, 0.4) is 0 Å². The van der Waals surface area contributed by atoms with Crippen LogP contribution in [0, 0.1) is 0 Å². The molecule has 0 aliphatic carbocycles. The van der Waals surface area contributed by atoms with Crippen LogP contribution < -0.4 is 10.6 Å². The van der Waals surface area contributed by atoms with E-state index < -0.39 is 17.8 Å². The number of carbonyl (C=O) groups is 2. The second-order valence-electron chi connectivity index (χ2n) is 4.44. The molecule has 2 N–H and O–H groups in total. The van der Waals surface area contributed by atoms with Gasteiger partial charge in [0.25, 0.3) is 5.78 Å². The average Bonchev–Trinajstić information content (AvgIpc) is 2.45. The Balaban J connectivity index is 2.47. The standard InChI is InChI=1S/C14H13BrN2O3S/c1-7-10(12(18)13(19)20-2)11(17-14(21)16-7)8-3-5-9(15)6-4-8/h3-6,11H,1-2H3,(H2,16,17,21)/t11-/m1/s1. The van der Waals surface area contributed by atoms with E-state index in [1.807, 2.05) is 24.3 Å². The van der Waals surface area contributed by atoms with Gasteiger partial charge in [-0.3, -0.25) is 4.79 Å². The number of esters is 1. The van der Waals surface area contributed by atoms with Gasteiger partial charge < -0.3 is 15.4 Å². The molecule has 0 spiro atoms. The molecule has 1 atom stereocenters. The maximum atomic E-state index is 12.2. The highest BCUT2D eigenvalue weighted by Crippen LogP contribution is 2.28. The molecule has 0 bridgehead atoms. The number of methoxy groups -OCH3 is 1. The van der Waals surface area contributed by atoms with Crippen molar-refractivity contribution < 1.29 is 14.3 Å². The first-order valence-electron chi connectivity index (χ1n) is 6.10. The number of ketones is 1. The molecular formula is C14H13BrN2O3S. The largest absolute Gasteiger partial charge is 0.463 e. The molecule has 1 aliphatic heterocycles. The van der Waals surface area contributed by atoms with Gasteiger partial charge in [0.2, 0.25) is 0 Å². The second kappa shape index (κ2) is 6.36. The first-order valence-corrected chi connectivity index (χ1v) is 7.30. The molecule has 0 unspecified atom stereocenters. The lowest BCUT2D eigenvalue weighted by Gasteiger charge is -2.29. The van der Waals surface area contributed by atoms with Gasteiger partial charge in [-0.25, -0.2) is 4.79 Å². The summed E-state index contributed by atoms with van der Waals surface area (Å²) in [6, 6.07) is 6.94. The molecule has 5 nitrogen and oxygen atoms in total. The van der Waals surface area contributed by atoms with Crippen molar-refractivity contribution in [2.75, 3.05) is 7.11 Å². The van der Waals surface area contributed by atoms with E-state index >= 15 is 0 Å². The number of allylic oxidation sites excluding steroid dienone is 1. The molecule has 0 amide bonds. The molecule has 0 saturated carbocycles. The van der Waals surface area contributed by atoms with Gasteiger partial charge in [-0.2, -0.15) is 0 Å². The van der Waals surface area contributed by atoms with Gasteiger partial charge in [0.15, 0.2) is 5.11 Å². The number of halogens is 1. The van der Waals surface area contributed by atoms with Crippen molar-refractivity contribution in [3.8, 4) is 0 Å².